The monoisotopic (exact) mass is 166 g/mol. The summed E-state index contributed by atoms with van der Waals surface area (Å²) in [5, 5.41) is 2.33. The molecule has 1 fully saturated rings. The topological polar surface area (TPSA) is 16.6 Å². The molecule has 2 N–H and O–H groups in total. The van der Waals surface area contributed by atoms with Gasteiger partial charge in [-0.15, -0.1) is 0 Å². The lowest BCUT2D eigenvalue weighted by Crippen LogP contribution is -2.81. The summed E-state index contributed by atoms with van der Waals surface area (Å²) in [5.41, 5.74) is 1.26. The van der Waals surface area contributed by atoms with Crippen LogP contribution in [0.15, 0.2) is 24.3 Å². The number of hydrogen-bond donors (Lipinski definition) is 1. The Morgan fingerprint density at radius 2 is 2.00 bits per heavy atom. The van der Waals surface area contributed by atoms with Gasteiger partial charge in [0.15, 0.2) is 0 Å². The van der Waals surface area contributed by atoms with E-state index in [0.717, 1.165) is 0 Å². The van der Waals surface area contributed by atoms with E-state index in [1.54, 1.807) is 12.1 Å². The highest BCUT2D eigenvalue weighted by Crippen LogP contribution is 2.17. The zero-order chi connectivity index (χ0) is 8.39. The predicted octanol–water partition coefficient (Wildman–Crippen LogP) is 1.22. The minimum Gasteiger partial charge on any atom is -0.340 e. The SMILES string of the molecule is Fc1ccc([C@H]2CCC[NH2+]2)cc1. The Labute approximate surface area is 71.6 Å². The molecular formula is C10H13FN+. The first kappa shape index (κ1) is 7.74. The Morgan fingerprint density at radius 3 is 2.58 bits per heavy atom. The molecule has 0 amide bonds. The summed E-state index contributed by atoms with van der Waals surface area (Å²) in [4.78, 5) is 0. The Balaban J connectivity index is 2.17. The lowest BCUT2D eigenvalue weighted by molar-refractivity contribution is -0.676. The van der Waals surface area contributed by atoms with Crippen molar-refractivity contribution in [3.63, 3.8) is 0 Å². The van der Waals surface area contributed by atoms with Crippen molar-refractivity contribution < 1.29 is 9.71 Å². The average Bonchev–Trinajstić information content (AvgIpc) is 2.58. The van der Waals surface area contributed by atoms with Gasteiger partial charge in [0.2, 0.25) is 0 Å². The molecule has 1 aromatic rings. The van der Waals surface area contributed by atoms with Gasteiger partial charge in [-0.05, 0) is 12.1 Å². The van der Waals surface area contributed by atoms with Gasteiger partial charge < -0.3 is 5.32 Å². The molecule has 0 bridgehead atoms. The number of hydrogen-bond acceptors (Lipinski definition) is 0. The second-order valence-corrected chi connectivity index (χ2v) is 3.32. The van der Waals surface area contributed by atoms with Crippen LogP contribution in [0.4, 0.5) is 4.39 Å². The maximum Gasteiger partial charge on any atom is 0.123 e. The van der Waals surface area contributed by atoms with Crippen LogP contribution in [-0.2, 0) is 0 Å². The fourth-order valence-corrected chi connectivity index (χ4v) is 1.79. The standard InChI is InChI=1S/C10H12FN/c11-9-5-3-8(4-6-9)10-2-1-7-12-10/h3-6,10,12H,1-2,7H2/p+1/t10-/m1/s1. The van der Waals surface area contributed by atoms with E-state index in [4.69, 9.17) is 0 Å². The van der Waals surface area contributed by atoms with E-state index in [-0.39, 0.29) is 5.82 Å². The average molecular weight is 166 g/mol. The quantitative estimate of drug-likeness (QED) is 0.646. The molecule has 1 atom stereocenters. The van der Waals surface area contributed by atoms with Crippen LogP contribution in [-0.4, -0.2) is 6.54 Å². The van der Waals surface area contributed by atoms with Gasteiger partial charge in [-0.1, -0.05) is 12.1 Å². The van der Waals surface area contributed by atoms with Crippen molar-refractivity contribution in [3.8, 4) is 0 Å². The first-order valence-electron chi connectivity index (χ1n) is 4.45. The van der Waals surface area contributed by atoms with Crippen LogP contribution in [0.3, 0.4) is 0 Å². The van der Waals surface area contributed by atoms with Gasteiger partial charge >= 0.3 is 0 Å². The van der Waals surface area contributed by atoms with Crippen molar-refractivity contribution in [2.24, 2.45) is 0 Å². The maximum atomic E-state index is 12.6. The fourth-order valence-electron chi connectivity index (χ4n) is 1.79. The van der Waals surface area contributed by atoms with Crippen molar-refractivity contribution in [1.29, 1.82) is 0 Å². The molecule has 2 heteroatoms. The van der Waals surface area contributed by atoms with Crippen LogP contribution < -0.4 is 5.32 Å². The molecular weight excluding hydrogens is 153 g/mol. The second kappa shape index (κ2) is 3.23. The normalized spacial score (nSPS) is 22.9. The first-order chi connectivity index (χ1) is 5.86. The van der Waals surface area contributed by atoms with Gasteiger partial charge in [0.25, 0.3) is 0 Å². The molecule has 1 aliphatic rings. The summed E-state index contributed by atoms with van der Waals surface area (Å²) in [6.07, 6.45) is 2.51. The van der Waals surface area contributed by atoms with E-state index in [1.165, 1.54) is 24.9 Å². The summed E-state index contributed by atoms with van der Waals surface area (Å²) in [6, 6.07) is 7.44. The van der Waals surface area contributed by atoms with E-state index in [1.807, 2.05) is 12.1 Å². The van der Waals surface area contributed by atoms with Crippen molar-refractivity contribution in [2.45, 2.75) is 18.9 Å². The van der Waals surface area contributed by atoms with Crippen LogP contribution in [0, 0.1) is 5.82 Å². The molecule has 1 aromatic carbocycles. The molecule has 0 aliphatic carbocycles. The zero-order valence-corrected chi connectivity index (χ0v) is 6.96. The summed E-state index contributed by atoms with van der Waals surface area (Å²) in [6.45, 7) is 1.21. The molecule has 1 saturated heterocycles. The lowest BCUT2D eigenvalue weighted by Gasteiger charge is -2.05. The Hall–Kier alpha value is -0.890. The van der Waals surface area contributed by atoms with Crippen LogP contribution in [0.5, 0.6) is 0 Å². The number of nitrogens with two attached hydrogens (primary N) is 1. The van der Waals surface area contributed by atoms with Crippen molar-refractivity contribution >= 4 is 0 Å². The van der Waals surface area contributed by atoms with Crippen molar-refractivity contribution in [1.82, 2.24) is 0 Å². The number of quaternary nitrogens is 1. The van der Waals surface area contributed by atoms with E-state index in [0.29, 0.717) is 6.04 Å². The Bertz CT molecular complexity index is 249. The zero-order valence-electron chi connectivity index (χ0n) is 6.96. The third-order valence-corrected chi connectivity index (χ3v) is 2.47. The highest BCUT2D eigenvalue weighted by Gasteiger charge is 2.19. The lowest BCUT2D eigenvalue weighted by atomic mass is 10.1. The van der Waals surface area contributed by atoms with Gasteiger partial charge in [0.1, 0.15) is 11.9 Å². The third kappa shape index (κ3) is 1.48. The summed E-state index contributed by atoms with van der Waals surface area (Å²) >= 11 is 0. The smallest absolute Gasteiger partial charge is 0.123 e. The number of halogens is 1. The molecule has 0 unspecified atom stereocenters. The molecule has 0 saturated carbocycles. The van der Waals surface area contributed by atoms with Gasteiger partial charge in [-0.2, -0.15) is 0 Å². The van der Waals surface area contributed by atoms with Crippen LogP contribution in [0.25, 0.3) is 0 Å². The minimum absolute atomic E-state index is 0.142. The van der Waals surface area contributed by atoms with Crippen LogP contribution >= 0.6 is 0 Å². The Kier molecular flexibility index (Phi) is 2.09. The molecule has 1 aliphatic heterocycles. The molecule has 2 rings (SSSR count). The van der Waals surface area contributed by atoms with Gasteiger partial charge in [-0.25, -0.2) is 4.39 Å². The summed E-state index contributed by atoms with van der Waals surface area (Å²) < 4.78 is 12.6. The first-order valence-corrected chi connectivity index (χ1v) is 4.45. The molecule has 1 nitrogen and oxygen atoms in total. The maximum absolute atomic E-state index is 12.6. The second-order valence-electron chi connectivity index (χ2n) is 3.32. The molecule has 0 radical (unpaired) electrons. The van der Waals surface area contributed by atoms with Crippen LogP contribution in [0.1, 0.15) is 24.4 Å². The van der Waals surface area contributed by atoms with Crippen molar-refractivity contribution in [3.05, 3.63) is 35.6 Å². The largest absolute Gasteiger partial charge is 0.340 e. The van der Waals surface area contributed by atoms with E-state index in [2.05, 4.69) is 5.32 Å². The van der Waals surface area contributed by atoms with E-state index < -0.39 is 0 Å². The highest BCUT2D eigenvalue weighted by atomic mass is 19.1. The van der Waals surface area contributed by atoms with Gasteiger partial charge in [0.05, 0.1) is 6.54 Å². The molecule has 0 aromatic heterocycles. The molecule has 1 heterocycles. The van der Waals surface area contributed by atoms with Gasteiger partial charge in [0, 0.05) is 18.4 Å². The predicted molar refractivity (Wildman–Crippen MR) is 45.2 cm³/mol. The van der Waals surface area contributed by atoms with Gasteiger partial charge in [-0.3, -0.25) is 0 Å². The third-order valence-electron chi connectivity index (χ3n) is 2.47. The summed E-state index contributed by atoms with van der Waals surface area (Å²) in [7, 11) is 0. The van der Waals surface area contributed by atoms with Crippen molar-refractivity contribution in [2.75, 3.05) is 6.54 Å². The number of benzene rings is 1. The minimum atomic E-state index is -0.142. The number of rotatable bonds is 1. The van der Waals surface area contributed by atoms with E-state index in [9.17, 15) is 4.39 Å². The van der Waals surface area contributed by atoms with Crippen LogP contribution in [0.2, 0.25) is 0 Å². The highest BCUT2D eigenvalue weighted by molar-refractivity contribution is 5.18. The molecule has 64 valence electrons. The molecule has 0 spiro atoms. The summed E-state index contributed by atoms with van der Waals surface area (Å²) in [5.74, 6) is -0.142. The molecule has 12 heavy (non-hydrogen) atoms. The Morgan fingerprint density at radius 1 is 1.25 bits per heavy atom. The fraction of sp³-hybridized carbons (Fsp3) is 0.400. The van der Waals surface area contributed by atoms with E-state index >= 15 is 0 Å².